The van der Waals surface area contributed by atoms with Crippen molar-refractivity contribution < 1.29 is 29.4 Å². The van der Waals surface area contributed by atoms with Crippen LogP contribution in [0.4, 0.5) is 0 Å². The Morgan fingerprint density at radius 2 is 1.24 bits per heavy atom. The maximum atomic E-state index is 12.9. The van der Waals surface area contributed by atoms with Gasteiger partial charge in [0, 0.05) is 0 Å². The molecule has 4 atom stereocenters. The smallest absolute Gasteiger partial charge is 0.326 e. The highest BCUT2D eigenvalue weighted by Crippen LogP contribution is 2.07. The van der Waals surface area contributed by atoms with E-state index in [1.807, 2.05) is 6.26 Å². The summed E-state index contributed by atoms with van der Waals surface area (Å²) < 4.78 is 0. The number of amides is 3. The summed E-state index contributed by atoms with van der Waals surface area (Å²) in [6, 6.07) is -4.26. The van der Waals surface area contributed by atoms with Gasteiger partial charge in [-0.2, -0.15) is 11.8 Å². The number of rotatable bonds is 19. The molecule has 192 valence electrons. The predicted octanol–water partition coefficient (Wildman–Crippen LogP) is -2.14. The molecule has 0 radical (unpaired) electrons. The molecule has 0 rings (SSSR count). The first kappa shape index (κ1) is 31.1. The Balaban J connectivity index is 5.41. The lowest BCUT2D eigenvalue weighted by atomic mass is 10.0. The molecule has 4 unspecified atom stereocenters. The van der Waals surface area contributed by atoms with Crippen molar-refractivity contribution in [1.29, 1.82) is 0 Å². The lowest BCUT2D eigenvalue weighted by Gasteiger charge is -2.25. The van der Waals surface area contributed by atoms with Crippen molar-refractivity contribution in [3.05, 3.63) is 0 Å². The largest absolute Gasteiger partial charge is 0.480 e. The number of nitrogens with two attached hydrogens (primary N) is 3. The number of nitrogens with one attached hydrogen (secondary N) is 3. The maximum absolute atomic E-state index is 12.9. The molecule has 13 heteroatoms. The van der Waals surface area contributed by atoms with Gasteiger partial charge >= 0.3 is 5.97 Å². The molecule has 0 aliphatic heterocycles. The Hall–Kier alpha value is -1.93. The average Bonchev–Trinajstić information content (AvgIpc) is 2.79. The number of aliphatic hydroxyl groups excluding tert-OH is 1. The number of carboxylic acid groups (broad SMARTS) is 1. The van der Waals surface area contributed by atoms with Gasteiger partial charge in [0.25, 0.3) is 0 Å². The minimum Gasteiger partial charge on any atom is -0.480 e. The number of hydrogen-bond acceptors (Lipinski definition) is 9. The molecule has 12 nitrogen and oxygen atoms in total. The van der Waals surface area contributed by atoms with E-state index < -0.39 is 54.5 Å². The fourth-order valence-corrected chi connectivity index (χ4v) is 3.39. The van der Waals surface area contributed by atoms with Crippen molar-refractivity contribution >= 4 is 35.5 Å². The van der Waals surface area contributed by atoms with Gasteiger partial charge in [0.05, 0.1) is 6.61 Å². The molecule has 0 aliphatic rings. The summed E-state index contributed by atoms with van der Waals surface area (Å²) in [5, 5.41) is 26.1. The van der Waals surface area contributed by atoms with Gasteiger partial charge in [0.2, 0.25) is 17.7 Å². The monoisotopic (exact) mass is 492 g/mol. The third kappa shape index (κ3) is 13.4. The molecule has 0 aliphatic carbocycles. The standard InChI is InChI=1S/C20H40N6O6S/c1-33-11-8-16(20(31)32)26-19(30)15(7-3-5-10-22)25-18(29)14(6-2-4-9-21)24-17(28)13(23)12-27/h13-16,27H,2-12,21-23H2,1H3,(H,24,28)(H,25,29)(H,26,30)(H,31,32). The van der Waals surface area contributed by atoms with Crippen molar-refractivity contribution in [2.24, 2.45) is 17.2 Å². The zero-order valence-corrected chi connectivity index (χ0v) is 20.1. The third-order valence-corrected chi connectivity index (χ3v) is 5.56. The minimum absolute atomic E-state index is 0.239. The lowest BCUT2D eigenvalue weighted by Crippen LogP contribution is -2.57. The number of thioether (sulfide) groups is 1. The predicted molar refractivity (Wildman–Crippen MR) is 127 cm³/mol. The molecule has 0 bridgehead atoms. The van der Waals surface area contributed by atoms with E-state index >= 15 is 0 Å². The van der Waals surface area contributed by atoms with Gasteiger partial charge < -0.3 is 43.4 Å². The zero-order chi connectivity index (χ0) is 25.2. The van der Waals surface area contributed by atoms with Crippen LogP contribution in [0.5, 0.6) is 0 Å². The topological polar surface area (TPSA) is 223 Å². The second-order valence-electron chi connectivity index (χ2n) is 7.66. The number of carbonyl (C=O) groups is 4. The number of hydrogen-bond donors (Lipinski definition) is 8. The van der Waals surface area contributed by atoms with Crippen LogP contribution in [0.3, 0.4) is 0 Å². The van der Waals surface area contributed by atoms with Gasteiger partial charge in [-0.25, -0.2) is 4.79 Å². The molecule has 0 aromatic heterocycles. The zero-order valence-electron chi connectivity index (χ0n) is 19.3. The summed E-state index contributed by atoms with van der Waals surface area (Å²) in [5.74, 6) is -2.53. The van der Waals surface area contributed by atoms with Crippen LogP contribution in [0.15, 0.2) is 0 Å². The van der Waals surface area contributed by atoms with Crippen LogP contribution in [0.2, 0.25) is 0 Å². The van der Waals surface area contributed by atoms with Crippen molar-refractivity contribution in [3.8, 4) is 0 Å². The highest BCUT2D eigenvalue weighted by molar-refractivity contribution is 7.98. The Morgan fingerprint density at radius 1 is 0.788 bits per heavy atom. The summed E-state index contributed by atoms with van der Waals surface area (Å²) in [6.07, 6.45) is 4.91. The lowest BCUT2D eigenvalue weighted by molar-refractivity contribution is -0.142. The molecule has 0 saturated carbocycles. The summed E-state index contributed by atoms with van der Waals surface area (Å²) >= 11 is 1.46. The SMILES string of the molecule is CSCCC(NC(=O)C(CCCCN)NC(=O)C(CCCCN)NC(=O)C(N)CO)C(=O)O. The number of unbranched alkanes of at least 4 members (excludes halogenated alkanes) is 2. The van der Waals surface area contributed by atoms with Crippen LogP contribution in [0.25, 0.3) is 0 Å². The Kier molecular flexibility index (Phi) is 17.4. The van der Waals surface area contributed by atoms with Crippen LogP contribution in [-0.4, -0.2) is 89.8 Å². The number of aliphatic hydroxyl groups is 1. The van der Waals surface area contributed by atoms with E-state index in [2.05, 4.69) is 16.0 Å². The first-order valence-electron chi connectivity index (χ1n) is 11.1. The number of carboxylic acids is 1. The Morgan fingerprint density at radius 3 is 1.64 bits per heavy atom. The number of aliphatic carboxylic acids is 1. The van der Waals surface area contributed by atoms with Crippen LogP contribution in [0, 0.1) is 0 Å². The molecular formula is C20H40N6O6S. The van der Waals surface area contributed by atoms with E-state index in [4.69, 9.17) is 22.3 Å². The van der Waals surface area contributed by atoms with Gasteiger partial charge in [-0.05, 0) is 70.0 Å². The van der Waals surface area contributed by atoms with Crippen LogP contribution in [-0.2, 0) is 19.2 Å². The molecule has 0 aromatic carbocycles. The van der Waals surface area contributed by atoms with E-state index in [9.17, 15) is 24.3 Å². The summed E-state index contributed by atoms with van der Waals surface area (Å²) in [5.41, 5.74) is 16.6. The fourth-order valence-electron chi connectivity index (χ4n) is 2.92. The van der Waals surface area contributed by atoms with Crippen molar-refractivity contribution in [1.82, 2.24) is 16.0 Å². The summed E-state index contributed by atoms with van der Waals surface area (Å²) in [6.45, 7) is 0.236. The van der Waals surface area contributed by atoms with Gasteiger partial charge in [-0.3, -0.25) is 14.4 Å². The molecule has 33 heavy (non-hydrogen) atoms. The first-order valence-corrected chi connectivity index (χ1v) is 12.5. The van der Waals surface area contributed by atoms with Gasteiger partial charge in [-0.15, -0.1) is 0 Å². The molecular weight excluding hydrogens is 452 g/mol. The highest BCUT2D eigenvalue weighted by atomic mass is 32.2. The van der Waals surface area contributed by atoms with E-state index in [1.165, 1.54) is 11.8 Å². The molecule has 0 aromatic rings. The van der Waals surface area contributed by atoms with E-state index in [-0.39, 0.29) is 19.3 Å². The van der Waals surface area contributed by atoms with Crippen molar-refractivity contribution in [3.63, 3.8) is 0 Å². The van der Waals surface area contributed by atoms with E-state index in [1.54, 1.807) is 0 Å². The second-order valence-corrected chi connectivity index (χ2v) is 8.65. The normalized spacial score (nSPS) is 14.6. The molecule has 3 amide bonds. The van der Waals surface area contributed by atoms with Crippen LogP contribution >= 0.6 is 11.8 Å². The van der Waals surface area contributed by atoms with Crippen molar-refractivity contribution in [2.45, 2.75) is 69.1 Å². The van der Waals surface area contributed by atoms with Crippen LogP contribution < -0.4 is 33.2 Å². The number of carbonyl (C=O) groups excluding carboxylic acids is 3. The molecule has 0 heterocycles. The minimum atomic E-state index is -1.19. The third-order valence-electron chi connectivity index (χ3n) is 4.92. The second kappa shape index (κ2) is 18.5. The molecule has 11 N–H and O–H groups in total. The summed E-state index contributed by atoms with van der Waals surface area (Å²) in [4.78, 5) is 49.4. The first-order chi connectivity index (χ1) is 15.7. The Labute approximate surface area is 199 Å². The van der Waals surface area contributed by atoms with Gasteiger partial charge in [-0.1, -0.05) is 0 Å². The van der Waals surface area contributed by atoms with Gasteiger partial charge in [0.15, 0.2) is 0 Å². The fraction of sp³-hybridized carbons (Fsp3) is 0.800. The quantitative estimate of drug-likeness (QED) is 0.0913. The Bertz CT molecular complexity index is 612. The van der Waals surface area contributed by atoms with E-state index in [0.717, 1.165) is 0 Å². The van der Waals surface area contributed by atoms with E-state index in [0.29, 0.717) is 44.5 Å². The summed E-state index contributed by atoms with van der Waals surface area (Å²) in [7, 11) is 0. The van der Waals surface area contributed by atoms with Crippen molar-refractivity contribution in [2.75, 3.05) is 31.7 Å². The molecule has 0 spiro atoms. The molecule has 0 fully saturated rings. The average molecular weight is 493 g/mol. The van der Waals surface area contributed by atoms with Crippen LogP contribution in [0.1, 0.15) is 44.9 Å². The molecule has 0 saturated heterocycles. The van der Waals surface area contributed by atoms with Gasteiger partial charge in [0.1, 0.15) is 24.2 Å². The maximum Gasteiger partial charge on any atom is 0.326 e. The highest BCUT2D eigenvalue weighted by Gasteiger charge is 2.29.